The number of allylic oxidation sites excluding steroid dienone is 4. The number of hydrogen-bond acceptors (Lipinski definition) is 1. The lowest BCUT2D eigenvalue weighted by atomic mass is 10.3. The first-order valence-electron chi connectivity index (χ1n) is 3.11. The van der Waals surface area contributed by atoms with Crippen LogP contribution in [0.15, 0.2) is 24.3 Å². The molecule has 0 heterocycles. The Balaban J connectivity index is 3.47. The third kappa shape index (κ3) is 7.15. The maximum Gasteiger partial charge on any atom is 0.152 e. The third-order valence-electron chi connectivity index (χ3n) is 0.814. The van der Waals surface area contributed by atoms with E-state index in [2.05, 4.69) is 6.92 Å². The molecule has 0 aliphatic rings. The number of rotatable bonds is 3. The fourth-order valence-electron chi connectivity index (χ4n) is 0.406. The van der Waals surface area contributed by atoms with E-state index in [9.17, 15) is 4.79 Å². The molecular weight excluding hydrogens is 112 g/mol. The van der Waals surface area contributed by atoms with Crippen LogP contribution in [0.1, 0.15) is 20.3 Å². The van der Waals surface area contributed by atoms with Crippen molar-refractivity contribution in [3.63, 3.8) is 0 Å². The molecule has 0 aliphatic heterocycles. The largest absolute Gasteiger partial charge is 0.295 e. The van der Waals surface area contributed by atoms with Crippen molar-refractivity contribution in [2.75, 3.05) is 0 Å². The SMILES string of the molecule is CC/C=C\C=C/C(C)=O. The van der Waals surface area contributed by atoms with Crippen molar-refractivity contribution in [1.82, 2.24) is 0 Å². The molecule has 1 heteroatoms. The predicted octanol–water partition coefficient (Wildman–Crippen LogP) is 2.10. The molecule has 0 radical (unpaired) electrons. The second-order valence-corrected chi connectivity index (χ2v) is 1.81. The minimum atomic E-state index is 0.0933. The van der Waals surface area contributed by atoms with Crippen LogP contribution in [0.4, 0.5) is 0 Å². The van der Waals surface area contributed by atoms with E-state index in [-0.39, 0.29) is 5.78 Å². The van der Waals surface area contributed by atoms with E-state index in [1.807, 2.05) is 12.2 Å². The Labute approximate surface area is 56.1 Å². The van der Waals surface area contributed by atoms with E-state index in [4.69, 9.17) is 0 Å². The highest BCUT2D eigenvalue weighted by molar-refractivity contribution is 5.87. The standard InChI is InChI=1S/C8H12O/c1-3-4-5-6-7-8(2)9/h4-7H,3H2,1-2H3/b5-4-,7-6-. The molecule has 0 bridgehead atoms. The molecule has 0 N–H and O–H groups in total. The van der Waals surface area contributed by atoms with E-state index in [1.54, 1.807) is 12.2 Å². The monoisotopic (exact) mass is 124 g/mol. The van der Waals surface area contributed by atoms with Gasteiger partial charge < -0.3 is 0 Å². The summed E-state index contributed by atoms with van der Waals surface area (Å²) in [6.45, 7) is 3.59. The molecule has 0 aromatic rings. The smallest absolute Gasteiger partial charge is 0.152 e. The maximum absolute atomic E-state index is 10.3. The Morgan fingerprint density at radius 1 is 1.44 bits per heavy atom. The zero-order valence-electron chi connectivity index (χ0n) is 5.92. The highest BCUT2D eigenvalue weighted by Gasteiger charge is 1.75. The highest BCUT2D eigenvalue weighted by Crippen LogP contribution is 1.81. The molecule has 0 aliphatic carbocycles. The summed E-state index contributed by atoms with van der Waals surface area (Å²) in [5, 5.41) is 0. The molecule has 0 fully saturated rings. The summed E-state index contributed by atoms with van der Waals surface area (Å²) >= 11 is 0. The second-order valence-electron chi connectivity index (χ2n) is 1.81. The lowest BCUT2D eigenvalue weighted by Crippen LogP contribution is -1.77. The van der Waals surface area contributed by atoms with Gasteiger partial charge in [0.1, 0.15) is 0 Å². The van der Waals surface area contributed by atoms with Crippen LogP contribution in [0.3, 0.4) is 0 Å². The third-order valence-corrected chi connectivity index (χ3v) is 0.814. The predicted molar refractivity (Wildman–Crippen MR) is 39.3 cm³/mol. The van der Waals surface area contributed by atoms with E-state index < -0.39 is 0 Å². The van der Waals surface area contributed by atoms with Gasteiger partial charge in [-0.05, 0) is 19.4 Å². The zero-order chi connectivity index (χ0) is 7.11. The Bertz CT molecular complexity index is 132. The van der Waals surface area contributed by atoms with Gasteiger partial charge in [0.15, 0.2) is 5.78 Å². The molecule has 9 heavy (non-hydrogen) atoms. The molecule has 50 valence electrons. The molecule has 0 saturated heterocycles. The zero-order valence-corrected chi connectivity index (χ0v) is 5.92. The van der Waals surface area contributed by atoms with Gasteiger partial charge in [-0.15, -0.1) is 0 Å². The Morgan fingerprint density at radius 3 is 2.56 bits per heavy atom. The molecular formula is C8H12O. The van der Waals surface area contributed by atoms with Gasteiger partial charge in [0.25, 0.3) is 0 Å². The Morgan fingerprint density at radius 2 is 2.11 bits per heavy atom. The first-order valence-corrected chi connectivity index (χ1v) is 3.11. The lowest BCUT2D eigenvalue weighted by molar-refractivity contribution is -0.112. The quantitative estimate of drug-likeness (QED) is 0.416. The van der Waals surface area contributed by atoms with Gasteiger partial charge in [-0.2, -0.15) is 0 Å². The summed E-state index contributed by atoms with van der Waals surface area (Å²) in [6, 6.07) is 0. The molecule has 0 saturated carbocycles. The topological polar surface area (TPSA) is 17.1 Å². The summed E-state index contributed by atoms with van der Waals surface area (Å²) in [7, 11) is 0. The van der Waals surface area contributed by atoms with E-state index >= 15 is 0 Å². The molecule has 0 aromatic heterocycles. The summed E-state index contributed by atoms with van der Waals surface area (Å²) in [6.07, 6.45) is 8.20. The van der Waals surface area contributed by atoms with Crippen molar-refractivity contribution < 1.29 is 4.79 Å². The summed E-state index contributed by atoms with van der Waals surface area (Å²) < 4.78 is 0. The van der Waals surface area contributed by atoms with Gasteiger partial charge in [-0.1, -0.05) is 25.2 Å². The number of carbonyl (C=O) groups excluding carboxylic acids is 1. The van der Waals surface area contributed by atoms with Gasteiger partial charge in [0.05, 0.1) is 0 Å². The summed E-state index contributed by atoms with van der Waals surface area (Å²) in [4.78, 5) is 10.3. The molecule has 0 amide bonds. The maximum atomic E-state index is 10.3. The lowest BCUT2D eigenvalue weighted by Gasteiger charge is -1.74. The van der Waals surface area contributed by atoms with Gasteiger partial charge in [-0.25, -0.2) is 0 Å². The minimum Gasteiger partial charge on any atom is -0.295 e. The molecule has 0 atom stereocenters. The van der Waals surface area contributed by atoms with E-state index in [0.717, 1.165) is 6.42 Å². The van der Waals surface area contributed by atoms with Crippen molar-refractivity contribution in [2.45, 2.75) is 20.3 Å². The number of carbonyl (C=O) groups is 1. The van der Waals surface area contributed by atoms with Gasteiger partial charge in [0, 0.05) is 0 Å². The minimum absolute atomic E-state index is 0.0933. The fraction of sp³-hybridized carbons (Fsp3) is 0.375. The average Bonchev–Trinajstić information content (AvgIpc) is 1.80. The Hall–Kier alpha value is -0.850. The molecule has 0 spiro atoms. The highest BCUT2D eigenvalue weighted by atomic mass is 16.1. The molecule has 0 unspecified atom stereocenters. The molecule has 1 nitrogen and oxygen atoms in total. The van der Waals surface area contributed by atoms with Crippen molar-refractivity contribution in [2.24, 2.45) is 0 Å². The second kappa shape index (κ2) is 5.29. The van der Waals surface area contributed by atoms with Crippen LogP contribution in [-0.4, -0.2) is 5.78 Å². The van der Waals surface area contributed by atoms with Gasteiger partial charge in [0.2, 0.25) is 0 Å². The van der Waals surface area contributed by atoms with E-state index in [1.165, 1.54) is 6.92 Å². The van der Waals surface area contributed by atoms with E-state index in [0.29, 0.717) is 0 Å². The van der Waals surface area contributed by atoms with Crippen LogP contribution in [0.2, 0.25) is 0 Å². The number of ketones is 1. The Kier molecular flexibility index (Phi) is 4.79. The van der Waals surface area contributed by atoms with Crippen molar-refractivity contribution in [1.29, 1.82) is 0 Å². The first kappa shape index (κ1) is 8.15. The first-order chi connectivity index (χ1) is 4.27. The van der Waals surface area contributed by atoms with Crippen molar-refractivity contribution in [3.05, 3.63) is 24.3 Å². The van der Waals surface area contributed by atoms with Crippen molar-refractivity contribution >= 4 is 5.78 Å². The summed E-state index contributed by atoms with van der Waals surface area (Å²) in [5.41, 5.74) is 0. The van der Waals surface area contributed by atoms with Crippen molar-refractivity contribution in [3.8, 4) is 0 Å². The van der Waals surface area contributed by atoms with Crippen LogP contribution >= 0.6 is 0 Å². The molecule has 0 rings (SSSR count). The molecule has 0 aromatic carbocycles. The number of hydrogen-bond donors (Lipinski definition) is 0. The van der Waals surface area contributed by atoms with Gasteiger partial charge >= 0.3 is 0 Å². The van der Waals surface area contributed by atoms with Gasteiger partial charge in [-0.3, -0.25) is 4.79 Å². The fourth-order valence-corrected chi connectivity index (χ4v) is 0.406. The van der Waals surface area contributed by atoms with Crippen LogP contribution in [0.25, 0.3) is 0 Å². The van der Waals surface area contributed by atoms with Crippen LogP contribution in [0.5, 0.6) is 0 Å². The normalized spacial score (nSPS) is 11.3. The van der Waals surface area contributed by atoms with Crippen LogP contribution < -0.4 is 0 Å². The average molecular weight is 124 g/mol. The van der Waals surface area contributed by atoms with Crippen LogP contribution in [-0.2, 0) is 4.79 Å². The van der Waals surface area contributed by atoms with Crippen LogP contribution in [0, 0.1) is 0 Å². The summed E-state index contributed by atoms with van der Waals surface area (Å²) in [5.74, 6) is 0.0933.